The lowest BCUT2D eigenvalue weighted by Gasteiger charge is -2.02. The summed E-state index contributed by atoms with van der Waals surface area (Å²) in [5.41, 5.74) is 2.29. The summed E-state index contributed by atoms with van der Waals surface area (Å²) >= 11 is 0. The van der Waals surface area contributed by atoms with Crippen LogP contribution in [0.15, 0.2) is 18.2 Å². The lowest BCUT2D eigenvalue weighted by molar-refractivity contribution is 0.607. The molecule has 1 aromatic carbocycles. The van der Waals surface area contributed by atoms with Crippen molar-refractivity contribution in [2.75, 3.05) is 11.0 Å². The van der Waals surface area contributed by atoms with Crippen LogP contribution in [-0.4, -0.2) is 24.9 Å². The number of H-pyrrole nitrogens is 1. The van der Waals surface area contributed by atoms with E-state index in [1.807, 2.05) is 6.92 Å². The highest BCUT2D eigenvalue weighted by Gasteiger charge is 2.05. The van der Waals surface area contributed by atoms with Gasteiger partial charge in [0, 0.05) is 16.8 Å². The van der Waals surface area contributed by atoms with Crippen molar-refractivity contribution in [3.63, 3.8) is 0 Å². The summed E-state index contributed by atoms with van der Waals surface area (Å²) in [5.74, 6) is 0. The Kier molecular flexibility index (Phi) is 2.15. The Morgan fingerprint density at radius 3 is 2.80 bits per heavy atom. The van der Waals surface area contributed by atoms with Gasteiger partial charge in [0.2, 0.25) is 10.0 Å². The predicted octanol–water partition coefficient (Wildman–Crippen LogP) is 1.24. The molecule has 0 atom stereocenters. The van der Waals surface area contributed by atoms with Gasteiger partial charge in [0.1, 0.15) is 0 Å². The van der Waals surface area contributed by atoms with Gasteiger partial charge >= 0.3 is 0 Å². The Hall–Kier alpha value is -1.56. The van der Waals surface area contributed by atoms with Crippen molar-refractivity contribution in [2.45, 2.75) is 6.92 Å². The number of rotatable bonds is 2. The van der Waals surface area contributed by atoms with Crippen LogP contribution in [-0.2, 0) is 10.0 Å². The number of aryl methyl sites for hydroxylation is 1. The Labute approximate surface area is 87.6 Å². The molecule has 0 radical (unpaired) electrons. The number of sulfonamides is 1. The number of fused-ring (bicyclic) bond motifs is 1. The average Bonchev–Trinajstić information content (AvgIpc) is 2.45. The Balaban J connectivity index is 2.51. The summed E-state index contributed by atoms with van der Waals surface area (Å²) in [4.78, 5) is 0. The summed E-state index contributed by atoms with van der Waals surface area (Å²) in [6.07, 6.45) is 1.12. The molecule has 0 saturated carbocycles. The molecule has 1 aromatic heterocycles. The van der Waals surface area contributed by atoms with Crippen molar-refractivity contribution in [3.8, 4) is 0 Å². The van der Waals surface area contributed by atoms with Crippen molar-refractivity contribution < 1.29 is 8.42 Å². The quantitative estimate of drug-likeness (QED) is 0.807. The highest BCUT2D eigenvalue weighted by atomic mass is 32.2. The molecule has 5 nitrogen and oxygen atoms in total. The maximum atomic E-state index is 11.0. The minimum absolute atomic E-state index is 0.550. The maximum absolute atomic E-state index is 11.0. The van der Waals surface area contributed by atoms with Crippen molar-refractivity contribution in [3.05, 3.63) is 23.9 Å². The molecule has 80 valence electrons. The smallest absolute Gasteiger partial charge is 0.229 e. The van der Waals surface area contributed by atoms with Gasteiger partial charge in [-0.2, -0.15) is 5.10 Å². The number of aromatic amines is 1. The molecule has 2 rings (SSSR count). The van der Waals surface area contributed by atoms with Crippen LogP contribution < -0.4 is 4.72 Å². The van der Waals surface area contributed by atoms with E-state index >= 15 is 0 Å². The molecule has 0 aliphatic carbocycles. The Morgan fingerprint density at radius 2 is 2.13 bits per heavy atom. The molecular weight excluding hydrogens is 214 g/mol. The number of nitrogens with one attached hydrogen (secondary N) is 2. The van der Waals surface area contributed by atoms with Crippen molar-refractivity contribution in [1.29, 1.82) is 0 Å². The Morgan fingerprint density at radius 1 is 1.40 bits per heavy atom. The van der Waals surface area contributed by atoms with E-state index in [-0.39, 0.29) is 0 Å². The second kappa shape index (κ2) is 3.23. The van der Waals surface area contributed by atoms with Gasteiger partial charge in [-0.05, 0) is 25.1 Å². The molecule has 2 N–H and O–H groups in total. The summed E-state index contributed by atoms with van der Waals surface area (Å²) in [6.45, 7) is 1.89. The van der Waals surface area contributed by atoms with E-state index in [1.165, 1.54) is 0 Å². The van der Waals surface area contributed by atoms with E-state index in [0.717, 1.165) is 22.9 Å². The second-order valence-electron chi connectivity index (χ2n) is 3.45. The fourth-order valence-corrected chi connectivity index (χ4v) is 1.97. The number of aromatic nitrogens is 2. The van der Waals surface area contributed by atoms with Crippen LogP contribution in [0.25, 0.3) is 10.9 Å². The number of hydrogen-bond donors (Lipinski definition) is 2. The first-order chi connectivity index (χ1) is 6.96. The fourth-order valence-electron chi connectivity index (χ4n) is 1.42. The molecule has 0 bridgehead atoms. The van der Waals surface area contributed by atoms with Gasteiger partial charge < -0.3 is 0 Å². The SMILES string of the molecule is Cc1[nH]nc2ccc(NS(C)(=O)=O)cc12. The minimum atomic E-state index is -3.22. The van der Waals surface area contributed by atoms with E-state index in [4.69, 9.17) is 0 Å². The van der Waals surface area contributed by atoms with Gasteiger partial charge in [-0.1, -0.05) is 0 Å². The van der Waals surface area contributed by atoms with E-state index < -0.39 is 10.0 Å². The van der Waals surface area contributed by atoms with E-state index in [0.29, 0.717) is 5.69 Å². The highest BCUT2D eigenvalue weighted by Crippen LogP contribution is 2.20. The van der Waals surface area contributed by atoms with E-state index in [2.05, 4.69) is 14.9 Å². The van der Waals surface area contributed by atoms with Crippen LogP contribution in [0, 0.1) is 6.92 Å². The van der Waals surface area contributed by atoms with Crippen LogP contribution in [0.2, 0.25) is 0 Å². The average molecular weight is 225 g/mol. The first kappa shape index (κ1) is 9.97. The van der Waals surface area contributed by atoms with Crippen LogP contribution >= 0.6 is 0 Å². The molecule has 0 fully saturated rings. The van der Waals surface area contributed by atoms with Crippen molar-refractivity contribution in [1.82, 2.24) is 10.2 Å². The first-order valence-corrected chi connectivity index (χ1v) is 6.27. The molecule has 0 aliphatic rings. The number of nitrogens with zero attached hydrogens (tertiary/aromatic N) is 1. The second-order valence-corrected chi connectivity index (χ2v) is 5.20. The topological polar surface area (TPSA) is 74.8 Å². The third kappa shape index (κ3) is 2.10. The van der Waals surface area contributed by atoms with Gasteiger partial charge in [-0.15, -0.1) is 0 Å². The van der Waals surface area contributed by atoms with E-state index in [1.54, 1.807) is 18.2 Å². The largest absolute Gasteiger partial charge is 0.284 e. The van der Waals surface area contributed by atoms with Gasteiger partial charge in [-0.3, -0.25) is 9.82 Å². The zero-order valence-corrected chi connectivity index (χ0v) is 9.22. The van der Waals surface area contributed by atoms with Crippen LogP contribution in [0.1, 0.15) is 5.69 Å². The normalized spacial score (nSPS) is 11.9. The zero-order chi connectivity index (χ0) is 11.1. The number of hydrogen-bond acceptors (Lipinski definition) is 3. The molecule has 15 heavy (non-hydrogen) atoms. The van der Waals surface area contributed by atoms with Gasteiger partial charge in [0.05, 0.1) is 11.8 Å². The maximum Gasteiger partial charge on any atom is 0.229 e. The van der Waals surface area contributed by atoms with Crippen LogP contribution in [0.4, 0.5) is 5.69 Å². The lowest BCUT2D eigenvalue weighted by Crippen LogP contribution is -2.09. The van der Waals surface area contributed by atoms with Crippen molar-refractivity contribution in [2.24, 2.45) is 0 Å². The summed E-state index contributed by atoms with van der Waals surface area (Å²) in [6, 6.07) is 5.21. The van der Waals surface area contributed by atoms with Crippen LogP contribution in [0.3, 0.4) is 0 Å². The summed E-state index contributed by atoms with van der Waals surface area (Å²) in [7, 11) is -3.22. The first-order valence-electron chi connectivity index (χ1n) is 4.38. The number of benzene rings is 1. The molecule has 2 aromatic rings. The summed E-state index contributed by atoms with van der Waals surface area (Å²) in [5, 5.41) is 7.81. The molecular formula is C9H11N3O2S. The fraction of sp³-hybridized carbons (Fsp3) is 0.222. The van der Waals surface area contributed by atoms with Gasteiger partial charge in [0.15, 0.2) is 0 Å². The molecule has 6 heteroatoms. The van der Waals surface area contributed by atoms with Gasteiger partial charge in [0.25, 0.3) is 0 Å². The standard InChI is InChI=1S/C9H11N3O2S/c1-6-8-5-7(12-15(2,13)14)3-4-9(8)11-10-6/h3-5,12H,1-2H3,(H,10,11). The number of anilines is 1. The predicted molar refractivity (Wildman–Crippen MR) is 59.3 cm³/mol. The third-order valence-corrected chi connectivity index (χ3v) is 2.65. The Bertz CT molecular complexity index is 601. The van der Waals surface area contributed by atoms with E-state index in [9.17, 15) is 8.42 Å². The molecule has 0 unspecified atom stereocenters. The highest BCUT2D eigenvalue weighted by molar-refractivity contribution is 7.92. The van der Waals surface area contributed by atoms with Crippen molar-refractivity contribution >= 4 is 26.6 Å². The minimum Gasteiger partial charge on any atom is -0.284 e. The van der Waals surface area contributed by atoms with Gasteiger partial charge in [-0.25, -0.2) is 8.42 Å². The monoisotopic (exact) mass is 225 g/mol. The molecule has 0 spiro atoms. The molecule has 0 amide bonds. The molecule has 1 heterocycles. The van der Waals surface area contributed by atoms with Crippen LogP contribution in [0.5, 0.6) is 0 Å². The molecule has 0 aliphatic heterocycles. The molecule has 0 saturated heterocycles. The zero-order valence-electron chi connectivity index (χ0n) is 8.40. The third-order valence-electron chi connectivity index (χ3n) is 2.05. The lowest BCUT2D eigenvalue weighted by atomic mass is 10.2. The summed E-state index contributed by atoms with van der Waals surface area (Å²) < 4.78 is 24.5.